The third kappa shape index (κ3) is 3.93. The van der Waals surface area contributed by atoms with Crippen LogP contribution in [0.2, 0.25) is 0 Å². The molecule has 0 spiro atoms. The molecule has 176 valence electrons. The van der Waals surface area contributed by atoms with Crippen molar-refractivity contribution in [3.63, 3.8) is 0 Å². The van der Waals surface area contributed by atoms with Crippen LogP contribution in [0, 0.1) is 0 Å². The zero-order valence-corrected chi connectivity index (χ0v) is 19.2. The number of hydrogen-bond donors (Lipinski definition) is 1. The molecule has 2 aliphatic rings. The average molecular weight is 462 g/mol. The summed E-state index contributed by atoms with van der Waals surface area (Å²) in [5.74, 6) is 1.10. The van der Waals surface area contributed by atoms with Crippen LogP contribution >= 0.6 is 0 Å². The Labute approximate surface area is 197 Å². The van der Waals surface area contributed by atoms with E-state index in [1.165, 1.54) is 0 Å². The molecule has 5 rings (SSSR count). The van der Waals surface area contributed by atoms with Crippen LogP contribution in [0.25, 0.3) is 0 Å². The van der Waals surface area contributed by atoms with Crippen molar-refractivity contribution in [3.05, 3.63) is 72.3 Å². The third-order valence-corrected chi connectivity index (χ3v) is 6.43. The Morgan fingerprint density at radius 3 is 2.71 bits per heavy atom. The number of urea groups is 1. The van der Waals surface area contributed by atoms with E-state index < -0.39 is 0 Å². The van der Waals surface area contributed by atoms with Crippen molar-refractivity contribution >= 4 is 17.6 Å². The molecule has 1 aromatic carbocycles. The lowest BCUT2D eigenvalue weighted by atomic mass is 10.0. The van der Waals surface area contributed by atoms with E-state index in [0.717, 1.165) is 11.3 Å². The monoisotopic (exact) mass is 461 g/mol. The second kappa shape index (κ2) is 9.09. The Balaban J connectivity index is 1.33. The standard InChI is InChI=1S/C25H27N5O4/c1-33-21-8-7-19(14-22(21)34-2)30-16-18(13-23(30)31)27-25(32)29-12-11-28-10-4-6-20(28)24(29)17-5-3-9-26-15-17/h3-10,14-15,18,24H,11-13,16H2,1-2H3,(H,27,32). The predicted molar refractivity (Wildman–Crippen MR) is 126 cm³/mol. The highest BCUT2D eigenvalue weighted by Crippen LogP contribution is 2.34. The maximum absolute atomic E-state index is 13.4. The van der Waals surface area contributed by atoms with Gasteiger partial charge in [-0.3, -0.25) is 9.78 Å². The molecule has 1 N–H and O–H groups in total. The highest BCUT2D eigenvalue weighted by atomic mass is 16.5. The molecule has 2 atom stereocenters. The van der Waals surface area contributed by atoms with Crippen molar-refractivity contribution < 1.29 is 19.1 Å². The van der Waals surface area contributed by atoms with Crippen LogP contribution in [0.5, 0.6) is 11.5 Å². The normalized spacial score (nSPS) is 19.6. The molecule has 2 aliphatic heterocycles. The largest absolute Gasteiger partial charge is 0.493 e. The van der Waals surface area contributed by atoms with Gasteiger partial charge in [0, 0.05) is 62.1 Å². The Kier molecular flexibility index (Phi) is 5.83. The van der Waals surface area contributed by atoms with E-state index in [0.29, 0.717) is 36.8 Å². The van der Waals surface area contributed by atoms with Gasteiger partial charge in [0.05, 0.1) is 20.3 Å². The van der Waals surface area contributed by atoms with Crippen LogP contribution in [-0.4, -0.2) is 59.7 Å². The maximum atomic E-state index is 13.4. The molecule has 9 nitrogen and oxygen atoms in total. The van der Waals surface area contributed by atoms with Crippen molar-refractivity contribution in [2.24, 2.45) is 0 Å². The summed E-state index contributed by atoms with van der Waals surface area (Å²) in [6.07, 6.45) is 5.79. The van der Waals surface area contributed by atoms with Gasteiger partial charge in [0.25, 0.3) is 0 Å². The SMILES string of the molecule is COc1ccc(N2CC(NC(=O)N3CCn4cccc4C3c3cccnc3)CC2=O)cc1OC. The number of rotatable bonds is 5. The van der Waals surface area contributed by atoms with E-state index >= 15 is 0 Å². The van der Waals surface area contributed by atoms with E-state index in [-0.39, 0.29) is 30.4 Å². The van der Waals surface area contributed by atoms with Crippen LogP contribution < -0.4 is 19.7 Å². The van der Waals surface area contributed by atoms with Crippen LogP contribution in [0.4, 0.5) is 10.5 Å². The zero-order chi connectivity index (χ0) is 23.7. The van der Waals surface area contributed by atoms with Crippen molar-refractivity contribution in [2.75, 3.05) is 32.2 Å². The van der Waals surface area contributed by atoms with E-state index in [9.17, 15) is 9.59 Å². The highest BCUT2D eigenvalue weighted by Gasteiger charge is 2.36. The minimum Gasteiger partial charge on any atom is -0.493 e. The summed E-state index contributed by atoms with van der Waals surface area (Å²) < 4.78 is 12.8. The number of amides is 3. The lowest BCUT2D eigenvalue weighted by molar-refractivity contribution is -0.117. The van der Waals surface area contributed by atoms with Crippen LogP contribution in [0.1, 0.15) is 23.7 Å². The van der Waals surface area contributed by atoms with Crippen molar-refractivity contribution in [3.8, 4) is 11.5 Å². The number of nitrogens with one attached hydrogen (secondary N) is 1. The van der Waals surface area contributed by atoms with Crippen LogP contribution in [0.15, 0.2) is 61.1 Å². The van der Waals surface area contributed by atoms with Gasteiger partial charge < -0.3 is 29.2 Å². The zero-order valence-electron chi connectivity index (χ0n) is 19.2. The van der Waals surface area contributed by atoms with Crippen molar-refractivity contribution in [1.82, 2.24) is 19.8 Å². The highest BCUT2D eigenvalue weighted by molar-refractivity contribution is 5.97. The first kappa shape index (κ1) is 21.8. The fourth-order valence-electron chi connectivity index (χ4n) is 4.79. The van der Waals surface area contributed by atoms with Gasteiger partial charge in [-0.2, -0.15) is 0 Å². The molecule has 0 bridgehead atoms. The molecule has 3 amide bonds. The van der Waals surface area contributed by atoms with Gasteiger partial charge in [-0.25, -0.2) is 4.79 Å². The number of nitrogens with zero attached hydrogens (tertiary/aromatic N) is 4. The second-order valence-electron chi connectivity index (χ2n) is 8.40. The Morgan fingerprint density at radius 1 is 1.09 bits per heavy atom. The van der Waals surface area contributed by atoms with Gasteiger partial charge in [0.2, 0.25) is 5.91 Å². The van der Waals surface area contributed by atoms with Gasteiger partial charge in [-0.1, -0.05) is 6.07 Å². The molecule has 1 saturated heterocycles. The first-order valence-electron chi connectivity index (χ1n) is 11.2. The minimum atomic E-state index is -0.295. The molecule has 0 saturated carbocycles. The topological polar surface area (TPSA) is 88.9 Å². The molecule has 3 aromatic rings. The molecule has 2 unspecified atom stereocenters. The van der Waals surface area contributed by atoms with E-state index in [2.05, 4.69) is 14.9 Å². The fourth-order valence-corrected chi connectivity index (χ4v) is 4.79. The fraction of sp³-hybridized carbons (Fsp3) is 0.320. The minimum absolute atomic E-state index is 0.0474. The number of carbonyl (C=O) groups is 2. The first-order chi connectivity index (χ1) is 16.6. The smallest absolute Gasteiger partial charge is 0.318 e. The summed E-state index contributed by atoms with van der Waals surface area (Å²) in [7, 11) is 3.13. The van der Waals surface area contributed by atoms with Crippen molar-refractivity contribution in [1.29, 1.82) is 0 Å². The Hall–Kier alpha value is -4.01. The number of pyridine rings is 1. The number of methoxy groups -OCH3 is 2. The van der Waals surface area contributed by atoms with Gasteiger partial charge in [0.1, 0.15) is 6.04 Å². The lowest BCUT2D eigenvalue weighted by Gasteiger charge is -2.37. The number of benzene rings is 1. The Morgan fingerprint density at radius 2 is 1.94 bits per heavy atom. The lowest BCUT2D eigenvalue weighted by Crippen LogP contribution is -2.50. The van der Waals surface area contributed by atoms with Gasteiger partial charge in [0.15, 0.2) is 11.5 Å². The third-order valence-electron chi connectivity index (χ3n) is 6.43. The van der Waals surface area contributed by atoms with Gasteiger partial charge >= 0.3 is 6.03 Å². The number of carbonyl (C=O) groups excluding carboxylic acids is 2. The molecule has 1 fully saturated rings. The van der Waals surface area contributed by atoms with Crippen LogP contribution in [-0.2, 0) is 11.3 Å². The molecule has 0 aliphatic carbocycles. The first-order valence-corrected chi connectivity index (χ1v) is 11.2. The van der Waals surface area contributed by atoms with E-state index in [1.807, 2.05) is 41.4 Å². The number of hydrogen-bond acceptors (Lipinski definition) is 5. The molecular weight excluding hydrogens is 434 g/mol. The predicted octanol–water partition coefficient (Wildman–Crippen LogP) is 2.82. The van der Waals surface area contributed by atoms with E-state index in [4.69, 9.17) is 9.47 Å². The summed E-state index contributed by atoms with van der Waals surface area (Å²) in [4.78, 5) is 34.0. The second-order valence-corrected chi connectivity index (χ2v) is 8.40. The van der Waals surface area contributed by atoms with Gasteiger partial charge in [-0.05, 0) is 35.9 Å². The number of aromatic nitrogens is 2. The van der Waals surface area contributed by atoms with Gasteiger partial charge in [-0.15, -0.1) is 0 Å². The molecule has 34 heavy (non-hydrogen) atoms. The molecule has 4 heterocycles. The summed E-state index contributed by atoms with van der Waals surface area (Å²) in [6.45, 7) is 1.67. The molecule has 2 aromatic heterocycles. The number of fused-ring (bicyclic) bond motifs is 1. The van der Waals surface area contributed by atoms with Crippen LogP contribution in [0.3, 0.4) is 0 Å². The molecule has 9 heteroatoms. The van der Waals surface area contributed by atoms with Crippen molar-refractivity contribution in [2.45, 2.75) is 25.0 Å². The molecular formula is C25H27N5O4. The summed E-state index contributed by atoms with van der Waals surface area (Å²) >= 11 is 0. The summed E-state index contributed by atoms with van der Waals surface area (Å²) in [5, 5.41) is 3.09. The average Bonchev–Trinajstić information content (AvgIpc) is 3.49. The summed E-state index contributed by atoms with van der Waals surface area (Å²) in [5.41, 5.74) is 2.71. The quantitative estimate of drug-likeness (QED) is 0.631. The number of ether oxygens (including phenoxy) is 2. The summed E-state index contributed by atoms with van der Waals surface area (Å²) in [6, 6.07) is 12.5. The molecule has 0 radical (unpaired) electrons. The van der Waals surface area contributed by atoms with E-state index in [1.54, 1.807) is 43.6 Å². The maximum Gasteiger partial charge on any atom is 0.318 e. The Bertz CT molecular complexity index is 1200. The number of anilines is 1.